The molecule has 1 amide bonds. The monoisotopic (exact) mass is 414 g/mol. The molecule has 1 saturated heterocycles. The highest BCUT2D eigenvalue weighted by molar-refractivity contribution is 9.10. The molecule has 3 nitrogen and oxygen atoms in total. The maximum absolute atomic E-state index is 13.5. The Morgan fingerprint density at radius 3 is 2.54 bits per heavy atom. The van der Waals surface area contributed by atoms with Crippen LogP contribution in [0.2, 0.25) is 0 Å². The van der Waals surface area contributed by atoms with Gasteiger partial charge in [0.15, 0.2) is 0 Å². The van der Waals surface area contributed by atoms with Crippen molar-refractivity contribution in [1.29, 1.82) is 0 Å². The summed E-state index contributed by atoms with van der Waals surface area (Å²) in [5.41, 5.74) is 0.932. The van der Waals surface area contributed by atoms with Crippen LogP contribution in [0.15, 0.2) is 28.7 Å². The van der Waals surface area contributed by atoms with Gasteiger partial charge in [-0.1, -0.05) is 40.9 Å². The fraction of sp³-hybridized carbons (Fsp3) is 0.632. The van der Waals surface area contributed by atoms with Gasteiger partial charge >= 0.3 is 0 Å². The Kier molecular flexibility index (Phi) is 7.14. The lowest BCUT2D eigenvalue weighted by atomic mass is 9.77. The van der Waals surface area contributed by atoms with Crippen molar-refractivity contribution in [3.05, 3.63) is 34.3 Å². The topological polar surface area (TPSA) is 32.3 Å². The second kappa shape index (κ2) is 8.68. The van der Waals surface area contributed by atoms with E-state index in [-0.39, 0.29) is 17.8 Å². The van der Waals surface area contributed by atoms with E-state index in [2.05, 4.69) is 50.4 Å². The van der Waals surface area contributed by atoms with Crippen LogP contribution in [0.25, 0.3) is 0 Å². The smallest absolute Gasteiger partial charge is 0.233 e. The van der Waals surface area contributed by atoms with E-state index in [1.165, 1.54) is 12.0 Å². The van der Waals surface area contributed by atoms with Gasteiger partial charge in [-0.3, -0.25) is 4.79 Å². The summed E-state index contributed by atoms with van der Waals surface area (Å²) in [7, 11) is 2.00. The average Bonchev–Trinajstić information content (AvgIpc) is 3.06. The van der Waals surface area contributed by atoms with Crippen molar-refractivity contribution in [1.82, 2.24) is 10.2 Å². The summed E-state index contributed by atoms with van der Waals surface area (Å²) in [6.45, 7) is 2.85. The molecule has 1 aromatic carbocycles. The van der Waals surface area contributed by atoms with Crippen LogP contribution < -0.4 is 5.32 Å². The summed E-state index contributed by atoms with van der Waals surface area (Å²) < 4.78 is 1.08. The third kappa shape index (κ3) is 3.97. The largest absolute Gasteiger partial charge is 0.342 e. The van der Waals surface area contributed by atoms with Crippen LogP contribution in [-0.2, 0) is 10.2 Å². The number of piperidine rings is 1. The van der Waals surface area contributed by atoms with Crippen LogP contribution in [0.1, 0.15) is 44.1 Å². The minimum absolute atomic E-state index is 0. The molecule has 1 saturated carbocycles. The molecule has 0 spiro atoms. The number of hydrogen-bond acceptors (Lipinski definition) is 2. The van der Waals surface area contributed by atoms with E-state index >= 15 is 0 Å². The summed E-state index contributed by atoms with van der Waals surface area (Å²) in [6, 6.07) is 8.43. The Morgan fingerprint density at radius 1 is 1.25 bits per heavy atom. The fourth-order valence-electron chi connectivity index (χ4n) is 4.38. The molecule has 1 aliphatic carbocycles. The van der Waals surface area contributed by atoms with Gasteiger partial charge in [-0.25, -0.2) is 0 Å². The number of nitrogens with zero attached hydrogens (tertiary/aromatic N) is 1. The van der Waals surface area contributed by atoms with Crippen molar-refractivity contribution in [3.63, 3.8) is 0 Å². The van der Waals surface area contributed by atoms with Gasteiger partial charge in [-0.2, -0.15) is 0 Å². The molecule has 1 N–H and O–H groups in total. The SMILES string of the molecule is CNCC1CCCN(C(=O)C2(c3ccc(Br)cc3)CCCC2)C1.Cl. The van der Waals surface area contributed by atoms with Crippen LogP contribution in [0.5, 0.6) is 0 Å². The molecule has 2 aliphatic rings. The van der Waals surface area contributed by atoms with Gasteiger partial charge in [0.25, 0.3) is 0 Å². The van der Waals surface area contributed by atoms with E-state index in [0.717, 1.165) is 56.2 Å². The highest BCUT2D eigenvalue weighted by Gasteiger charge is 2.45. The zero-order chi connectivity index (χ0) is 16.3. The van der Waals surface area contributed by atoms with Crippen LogP contribution in [0, 0.1) is 5.92 Å². The van der Waals surface area contributed by atoms with Gasteiger partial charge in [0.2, 0.25) is 5.91 Å². The lowest BCUT2D eigenvalue weighted by Crippen LogP contribution is -2.50. The molecule has 1 atom stereocenters. The number of carbonyl (C=O) groups is 1. The van der Waals surface area contributed by atoms with E-state index in [4.69, 9.17) is 0 Å². The lowest BCUT2D eigenvalue weighted by Gasteiger charge is -2.39. The predicted octanol–water partition coefficient (Wildman–Crippen LogP) is 4.14. The summed E-state index contributed by atoms with van der Waals surface area (Å²) >= 11 is 3.51. The van der Waals surface area contributed by atoms with E-state index in [1.807, 2.05) is 7.05 Å². The Balaban J connectivity index is 0.00000208. The molecule has 0 bridgehead atoms. The number of hydrogen-bond donors (Lipinski definition) is 1. The summed E-state index contributed by atoms with van der Waals surface area (Å²) in [5, 5.41) is 3.27. The van der Waals surface area contributed by atoms with Gasteiger partial charge in [-0.05, 0) is 62.9 Å². The Bertz CT molecular complexity index is 541. The van der Waals surface area contributed by atoms with Gasteiger partial charge in [0, 0.05) is 17.6 Å². The number of benzene rings is 1. The van der Waals surface area contributed by atoms with Gasteiger partial charge in [-0.15, -0.1) is 12.4 Å². The quantitative estimate of drug-likeness (QED) is 0.801. The minimum atomic E-state index is -0.276. The predicted molar refractivity (Wildman–Crippen MR) is 105 cm³/mol. The Morgan fingerprint density at radius 2 is 1.92 bits per heavy atom. The average molecular weight is 416 g/mol. The molecule has 1 unspecified atom stereocenters. The van der Waals surface area contributed by atoms with Crippen molar-refractivity contribution < 1.29 is 4.79 Å². The highest BCUT2D eigenvalue weighted by Crippen LogP contribution is 2.43. The number of likely N-dealkylation sites (tertiary alicyclic amines) is 1. The highest BCUT2D eigenvalue weighted by atomic mass is 79.9. The molecular formula is C19H28BrClN2O. The first-order valence-electron chi connectivity index (χ1n) is 8.86. The van der Waals surface area contributed by atoms with Crippen molar-refractivity contribution in [2.45, 2.75) is 43.9 Å². The normalized spacial score (nSPS) is 22.9. The van der Waals surface area contributed by atoms with Crippen molar-refractivity contribution in [2.75, 3.05) is 26.7 Å². The number of carbonyl (C=O) groups excluding carboxylic acids is 1. The fourth-order valence-corrected chi connectivity index (χ4v) is 4.65. The molecule has 24 heavy (non-hydrogen) atoms. The van der Waals surface area contributed by atoms with Crippen LogP contribution in [0.4, 0.5) is 0 Å². The molecule has 1 aromatic rings. The molecule has 0 aromatic heterocycles. The molecule has 0 radical (unpaired) electrons. The molecule has 5 heteroatoms. The number of rotatable bonds is 4. The Labute approximate surface area is 160 Å². The second-order valence-electron chi connectivity index (χ2n) is 7.11. The third-order valence-electron chi connectivity index (χ3n) is 5.56. The first-order valence-corrected chi connectivity index (χ1v) is 9.65. The van der Waals surface area contributed by atoms with Crippen molar-refractivity contribution in [3.8, 4) is 0 Å². The van der Waals surface area contributed by atoms with E-state index in [9.17, 15) is 4.79 Å². The maximum atomic E-state index is 13.5. The summed E-state index contributed by atoms with van der Waals surface area (Å²) in [6.07, 6.45) is 6.69. The zero-order valence-corrected chi connectivity index (χ0v) is 16.8. The maximum Gasteiger partial charge on any atom is 0.233 e. The van der Waals surface area contributed by atoms with Gasteiger partial charge < -0.3 is 10.2 Å². The molecule has 134 valence electrons. The Hall–Kier alpha value is -0.580. The number of halogens is 2. The molecule has 2 fully saturated rings. The van der Waals surface area contributed by atoms with Crippen LogP contribution in [0.3, 0.4) is 0 Å². The second-order valence-corrected chi connectivity index (χ2v) is 8.03. The standard InChI is InChI=1S/C19H27BrN2O.ClH/c1-21-13-15-5-4-12-22(14-15)18(23)19(10-2-3-11-19)16-6-8-17(20)9-7-16;/h6-9,15,21H,2-5,10-14H2,1H3;1H. The molecule has 1 aliphatic heterocycles. The van der Waals surface area contributed by atoms with E-state index < -0.39 is 0 Å². The third-order valence-corrected chi connectivity index (χ3v) is 6.09. The summed E-state index contributed by atoms with van der Waals surface area (Å²) in [5.74, 6) is 0.971. The van der Waals surface area contributed by atoms with Crippen molar-refractivity contribution >= 4 is 34.2 Å². The first kappa shape index (κ1) is 19.7. The number of nitrogens with one attached hydrogen (secondary N) is 1. The van der Waals surface area contributed by atoms with Crippen LogP contribution >= 0.6 is 28.3 Å². The van der Waals surface area contributed by atoms with Crippen LogP contribution in [-0.4, -0.2) is 37.5 Å². The van der Waals surface area contributed by atoms with E-state index in [1.54, 1.807) is 0 Å². The minimum Gasteiger partial charge on any atom is -0.342 e. The zero-order valence-electron chi connectivity index (χ0n) is 14.4. The lowest BCUT2D eigenvalue weighted by molar-refractivity contribution is -0.139. The van der Waals surface area contributed by atoms with Gasteiger partial charge in [0.1, 0.15) is 0 Å². The molecular weight excluding hydrogens is 388 g/mol. The van der Waals surface area contributed by atoms with E-state index in [0.29, 0.717) is 11.8 Å². The molecule has 1 heterocycles. The molecule has 3 rings (SSSR count). The van der Waals surface area contributed by atoms with Gasteiger partial charge in [0.05, 0.1) is 5.41 Å². The number of amides is 1. The first-order chi connectivity index (χ1) is 11.2. The summed E-state index contributed by atoms with van der Waals surface area (Å²) in [4.78, 5) is 15.6. The van der Waals surface area contributed by atoms with Crippen molar-refractivity contribution in [2.24, 2.45) is 5.92 Å².